The minimum absolute atomic E-state index is 0.0750. The predicted octanol–water partition coefficient (Wildman–Crippen LogP) is 5.40. The summed E-state index contributed by atoms with van der Waals surface area (Å²) in [5.74, 6) is -0.523. The average Bonchev–Trinajstić information content (AvgIpc) is 2.72. The van der Waals surface area contributed by atoms with Crippen LogP contribution < -0.4 is 10.6 Å². The number of carbonyl (C=O) groups is 1. The van der Waals surface area contributed by atoms with Crippen LogP contribution in [0.25, 0.3) is 0 Å². The molecule has 2 N–H and O–H groups in total. The Kier molecular flexibility index (Phi) is 6.49. The van der Waals surface area contributed by atoms with Crippen molar-refractivity contribution in [1.29, 1.82) is 0 Å². The number of carbonyl (C=O) groups excluding carboxylic acids is 1. The number of nitrogens with zero attached hydrogens (tertiary/aromatic N) is 1. The highest BCUT2D eigenvalue weighted by Gasteiger charge is 2.30. The molecule has 0 aliphatic rings. The maximum Gasteiger partial charge on any atom is 0.416 e. The maximum absolute atomic E-state index is 12.8. The van der Waals surface area contributed by atoms with Gasteiger partial charge in [-0.25, -0.2) is 0 Å². The standard InChI is InChI=1S/C22H20F3N3O/c23-22(24,25)18-9-4-10-19(13-18)28-21(29)17-12-20(15-26-14-17)27-11-5-8-16-6-2-1-3-7-16/h1-4,6-7,9-10,12-15,27H,5,8,11H2,(H,28,29). The first-order chi connectivity index (χ1) is 13.9. The van der Waals surface area contributed by atoms with Crippen LogP contribution in [0.4, 0.5) is 24.5 Å². The van der Waals surface area contributed by atoms with Crippen molar-refractivity contribution < 1.29 is 18.0 Å². The molecule has 0 saturated heterocycles. The molecule has 1 heterocycles. The molecule has 0 bridgehead atoms. The number of hydrogen-bond donors (Lipinski definition) is 2. The highest BCUT2D eigenvalue weighted by atomic mass is 19.4. The van der Waals surface area contributed by atoms with Crippen molar-refractivity contribution in [2.75, 3.05) is 17.2 Å². The van der Waals surface area contributed by atoms with Crippen molar-refractivity contribution in [1.82, 2.24) is 4.98 Å². The number of nitrogens with one attached hydrogen (secondary N) is 2. The fourth-order valence-electron chi connectivity index (χ4n) is 2.81. The Hall–Kier alpha value is -3.35. The Bertz CT molecular complexity index is 959. The minimum Gasteiger partial charge on any atom is -0.384 e. The van der Waals surface area contributed by atoms with Crippen LogP contribution in [0.1, 0.15) is 27.9 Å². The second-order valence-electron chi connectivity index (χ2n) is 6.51. The smallest absolute Gasteiger partial charge is 0.384 e. The zero-order valence-corrected chi connectivity index (χ0v) is 15.5. The van der Waals surface area contributed by atoms with E-state index in [1.54, 1.807) is 12.3 Å². The highest BCUT2D eigenvalue weighted by Crippen LogP contribution is 2.30. The molecule has 3 rings (SSSR count). The van der Waals surface area contributed by atoms with Gasteiger partial charge in [-0.1, -0.05) is 36.4 Å². The van der Waals surface area contributed by atoms with Crippen LogP contribution in [0.2, 0.25) is 0 Å². The van der Waals surface area contributed by atoms with Crippen LogP contribution in [0.3, 0.4) is 0 Å². The quantitative estimate of drug-likeness (QED) is 0.523. The van der Waals surface area contributed by atoms with Gasteiger partial charge in [0.25, 0.3) is 5.91 Å². The summed E-state index contributed by atoms with van der Waals surface area (Å²) in [4.78, 5) is 16.4. The summed E-state index contributed by atoms with van der Waals surface area (Å²) in [6.07, 6.45) is 0.342. The van der Waals surface area contributed by atoms with Crippen molar-refractivity contribution >= 4 is 17.3 Å². The normalized spacial score (nSPS) is 11.1. The monoisotopic (exact) mass is 399 g/mol. The van der Waals surface area contributed by atoms with Crippen molar-refractivity contribution in [2.45, 2.75) is 19.0 Å². The molecule has 0 radical (unpaired) electrons. The van der Waals surface area contributed by atoms with E-state index in [1.807, 2.05) is 18.2 Å². The number of aryl methyl sites for hydroxylation is 1. The summed E-state index contributed by atoms with van der Waals surface area (Å²) in [6, 6.07) is 16.3. The zero-order chi connectivity index (χ0) is 20.7. The van der Waals surface area contributed by atoms with Gasteiger partial charge in [0.1, 0.15) is 0 Å². The molecular formula is C22H20F3N3O. The SMILES string of the molecule is O=C(Nc1cccc(C(F)(F)F)c1)c1cncc(NCCCc2ccccc2)c1. The van der Waals surface area contributed by atoms with E-state index in [1.165, 1.54) is 23.9 Å². The van der Waals surface area contributed by atoms with Gasteiger partial charge in [0.05, 0.1) is 16.8 Å². The third-order valence-electron chi connectivity index (χ3n) is 4.26. The molecule has 150 valence electrons. The largest absolute Gasteiger partial charge is 0.416 e. The molecule has 4 nitrogen and oxygen atoms in total. The van der Waals surface area contributed by atoms with Gasteiger partial charge in [-0.2, -0.15) is 13.2 Å². The molecule has 0 unspecified atom stereocenters. The number of benzene rings is 2. The van der Waals surface area contributed by atoms with E-state index < -0.39 is 17.6 Å². The summed E-state index contributed by atoms with van der Waals surface area (Å²) in [5.41, 5.74) is 1.44. The van der Waals surface area contributed by atoms with Crippen LogP contribution in [0.5, 0.6) is 0 Å². The maximum atomic E-state index is 12.8. The van der Waals surface area contributed by atoms with E-state index in [-0.39, 0.29) is 11.3 Å². The Morgan fingerprint density at radius 1 is 0.931 bits per heavy atom. The van der Waals surface area contributed by atoms with E-state index in [2.05, 4.69) is 27.8 Å². The van der Waals surface area contributed by atoms with Crippen molar-refractivity contribution in [3.05, 3.63) is 89.7 Å². The lowest BCUT2D eigenvalue weighted by atomic mass is 10.1. The van der Waals surface area contributed by atoms with Crippen molar-refractivity contribution in [3.8, 4) is 0 Å². The molecule has 0 saturated carbocycles. The molecule has 1 amide bonds. The van der Waals surface area contributed by atoms with E-state index in [4.69, 9.17) is 0 Å². The Morgan fingerprint density at radius 2 is 1.72 bits per heavy atom. The second kappa shape index (κ2) is 9.23. The molecule has 0 spiro atoms. The molecule has 2 aromatic carbocycles. The fourth-order valence-corrected chi connectivity index (χ4v) is 2.81. The van der Waals surface area contributed by atoms with Crippen molar-refractivity contribution in [2.24, 2.45) is 0 Å². The molecular weight excluding hydrogens is 379 g/mol. The van der Waals surface area contributed by atoms with Gasteiger partial charge in [0.15, 0.2) is 0 Å². The van der Waals surface area contributed by atoms with Gasteiger partial charge in [-0.05, 0) is 42.7 Å². The van der Waals surface area contributed by atoms with E-state index in [0.717, 1.165) is 25.0 Å². The highest BCUT2D eigenvalue weighted by molar-refractivity contribution is 6.04. The Balaban J connectivity index is 1.56. The number of aromatic nitrogens is 1. The van der Waals surface area contributed by atoms with Crippen LogP contribution in [-0.4, -0.2) is 17.4 Å². The zero-order valence-electron chi connectivity index (χ0n) is 15.5. The first kappa shape index (κ1) is 20.4. The predicted molar refractivity (Wildman–Crippen MR) is 107 cm³/mol. The van der Waals surface area contributed by atoms with E-state index >= 15 is 0 Å². The number of halogens is 3. The summed E-state index contributed by atoms with van der Waals surface area (Å²) >= 11 is 0. The lowest BCUT2D eigenvalue weighted by Crippen LogP contribution is -2.14. The summed E-state index contributed by atoms with van der Waals surface area (Å²) < 4.78 is 38.4. The first-order valence-corrected chi connectivity index (χ1v) is 9.13. The molecule has 0 aliphatic heterocycles. The number of anilines is 2. The van der Waals surface area contributed by atoms with Crippen molar-refractivity contribution in [3.63, 3.8) is 0 Å². The Labute approximate surface area is 166 Å². The van der Waals surface area contributed by atoms with Crippen LogP contribution >= 0.6 is 0 Å². The number of hydrogen-bond acceptors (Lipinski definition) is 3. The topological polar surface area (TPSA) is 54.0 Å². The molecule has 0 aliphatic carbocycles. The van der Waals surface area contributed by atoms with Crippen LogP contribution in [0.15, 0.2) is 73.1 Å². The van der Waals surface area contributed by atoms with Gasteiger partial charge in [-0.15, -0.1) is 0 Å². The molecule has 0 fully saturated rings. The average molecular weight is 399 g/mol. The first-order valence-electron chi connectivity index (χ1n) is 9.13. The van der Waals surface area contributed by atoms with Crippen LogP contribution in [-0.2, 0) is 12.6 Å². The van der Waals surface area contributed by atoms with Gasteiger partial charge < -0.3 is 10.6 Å². The Morgan fingerprint density at radius 3 is 2.48 bits per heavy atom. The molecule has 0 atom stereocenters. The molecule has 29 heavy (non-hydrogen) atoms. The minimum atomic E-state index is -4.47. The third kappa shape index (κ3) is 6.07. The van der Waals surface area contributed by atoms with E-state index in [9.17, 15) is 18.0 Å². The number of alkyl halides is 3. The third-order valence-corrected chi connectivity index (χ3v) is 4.26. The van der Waals surface area contributed by atoms with Gasteiger partial charge >= 0.3 is 6.18 Å². The van der Waals surface area contributed by atoms with Gasteiger partial charge in [-0.3, -0.25) is 9.78 Å². The summed E-state index contributed by atoms with van der Waals surface area (Å²) in [6.45, 7) is 0.704. The van der Waals surface area contributed by atoms with E-state index in [0.29, 0.717) is 12.2 Å². The molecule has 1 aromatic heterocycles. The fraction of sp³-hybridized carbons (Fsp3) is 0.182. The summed E-state index contributed by atoms with van der Waals surface area (Å²) in [7, 11) is 0. The molecule has 3 aromatic rings. The second-order valence-corrected chi connectivity index (χ2v) is 6.51. The molecule has 7 heteroatoms. The number of amides is 1. The van der Waals surface area contributed by atoms with Gasteiger partial charge in [0.2, 0.25) is 0 Å². The lowest BCUT2D eigenvalue weighted by molar-refractivity contribution is -0.137. The number of pyridine rings is 1. The van der Waals surface area contributed by atoms with Gasteiger partial charge in [0, 0.05) is 24.6 Å². The number of rotatable bonds is 7. The van der Waals surface area contributed by atoms with Crippen LogP contribution in [0, 0.1) is 0 Å². The lowest BCUT2D eigenvalue weighted by Gasteiger charge is -2.11. The summed E-state index contributed by atoms with van der Waals surface area (Å²) in [5, 5.41) is 5.69.